The summed E-state index contributed by atoms with van der Waals surface area (Å²) in [6, 6.07) is 13.7. The molecule has 134 valence electrons. The van der Waals surface area contributed by atoms with Crippen molar-refractivity contribution in [1.82, 2.24) is 0 Å². The highest BCUT2D eigenvalue weighted by atomic mass is 35.5. The SMILES string of the molecule is CC(C)Cc1ccc(COc2ccc(C(C)CC(=O)O)cc2)cc1Cl. The molecule has 0 saturated carbocycles. The van der Waals surface area contributed by atoms with E-state index in [-0.39, 0.29) is 12.3 Å². The Kier molecular flexibility index (Phi) is 6.89. The summed E-state index contributed by atoms with van der Waals surface area (Å²) >= 11 is 6.35. The predicted molar refractivity (Wildman–Crippen MR) is 101 cm³/mol. The standard InChI is InChI=1S/C21H25ClO3/c1-14(2)10-18-5-4-16(12-20(18)22)13-25-19-8-6-17(7-9-19)15(3)11-21(23)24/h4-9,12,14-15H,10-11,13H2,1-3H3,(H,23,24). The molecule has 25 heavy (non-hydrogen) atoms. The molecule has 0 aliphatic heterocycles. The first-order chi connectivity index (χ1) is 11.8. The zero-order valence-corrected chi connectivity index (χ0v) is 15.7. The molecule has 4 heteroatoms. The van der Waals surface area contributed by atoms with Crippen molar-refractivity contribution in [2.45, 2.75) is 46.1 Å². The van der Waals surface area contributed by atoms with Gasteiger partial charge >= 0.3 is 5.97 Å². The minimum atomic E-state index is -0.786. The minimum absolute atomic E-state index is 0.0149. The fourth-order valence-corrected chi connectivity index (χ4v) is 3.01. The van der Waals surface area contributed by atoms with Crippen molar-refractivity contribution >= 4 is 17.6 Å². The number of rotatable bonds is 8. The van der Waals surface area contributed by atoms with Crippen molar-refractivity contribution in [2.24, 2.45) is 5.92 Å². The van der Waals surface area contributed by atoms with Gasteiger partial charge in [0.25, 0.3) is 0 Å². The normalized spacial score (nSPS) is 12.2. The molecule has 2 rings (SSSR count). The van der Waals surface area contributed by atoms with Crippen LogP contribution in [0.25, 0.3) is 0 Å². The smallest absolute Gasteiger partial charge is 0.303 e. The van der Waals surface area contributed by atoms with E-state index in [1.807, 2.05) is 43.3 Å². The average Bonchev–Trinajstić information content (AvgIpc) is 2.54. The Labute approximate surface area is 154 Å². The van der Waals surface area contributed by atoms with Gasteiger partial charge in [0.15, 0.2) is 0 Å². The van der Waals surface area contributed by atoms with Crippen LogP contribution in [-0.2, 0) is 17.8 Å². The number of carboxylic acid groups (broad SMARTS) is 1. The lowest BCUT2D eigenvalue weighted by Crippen LogP contribution is -2.03. The third-order valence-electron chi connectivity index (χ3n) is 4.08. The van der Waals surface area contributed by atoms with Gasteiger partial charge in [-0.2, -0.15) is 0 Å². The minimum Gasteiger partial charge on any atom is -0.489 e. The van der Waals surface area contributed by atoms with Crippen molar-refractivity contribution in [1.29, 1.82) is 0 Å². The first kappa shape index (κ1) is 19.3. The van der Waals surface area contributed by atoms with Gasteiger partial charge in [0.2, 0.25) is 0 Å². The van der Waals surface area contributed by atoms with Gasteiger partial charge in [-0.1, -0.05) is 56.6 Å². The first-order valence-electron chi connectivity index (χ1n) is 8.57. The molecule has 0 heterocycles. The Morgan fingerprint density at radius 3 is 2.36 bits per heavy atom. The Morgan fingerprint density at radius 2 is 1.80 bits per heavy atom. The third-order valence-corrected chi connectivity index (χ3v) is 4.43. The van der Waals surface area contributed by atoms with Crippen LogP contribution in [0.4, 0.5) is 0 Å². The number of carboxylic acids is 1. The number of ether oxygens (including phenoxy) is 1. The topological polar surface area (TPSA) is 46.5 Å². The molecule has 0 fully saturated rings. The second-order valence-electron chi connectivity index (χ2n) is 6.88. The van der Waals surface area contributed by atoms with Gasteiger partial charge in [-0.25, -0.2) is 0 Å². The van der Waals surface area contributed by atoms with Crippen LogP contribution >= 0.6 is 11.6 Å². The van der Waals surface area contributed by atoms with Gasteiger partial charge in [0.1, 0.15) is 12.4 Å². The highest BCUT2D eigenvalue weighted by Gasteiger charge is 2.10. The lowest BCUT2D eigenvalue weighted by atomic mass is 9.98. The van der Waals surface area contributed by atoms with E-state index in [9.17, 15) is 4.79 Å². The van der Waals surface area contributed by atoms with E-state index in [0.717, 1.165) is 33.9 Å². The quantitative estimate of drug-likeness (QED) is 0.657. The highest BCUT2D eigenvalue weighted by molar-refractivity contribution is 6.31. The van der Waals surface area contributed by atoms with Gasteiger partial charge < -0.3 is 9.84 Å². The Hall–Kier alpha value is -2.00. The molecule has 3 nitrogen and oxygen atoms in total. The Bertz CT molecular complexity index is 708. The zero-order valence-electron chi connectivity index (χ0n) is 15.0. The van der Waals surface area contributed by atoms with Gasteiger partial charge in [-0.3, -0.25) is 4.79 Å². The number of hydrogen-bond acceptors (Lipinski definition) is 2. The molecule has 0 saturated heterocycles. The first-order valence-corrected chi connectivity index (χ1v) is 8.94. The monoisotopic (exact) mass is 360 g/mol. The van der Waals surface area contributed by atoms with Crippen LogP contribution in [0.5, 0.6) is 5.75 Å². The maximum Gasteiger partial charge on any atom is 0.303 e. The maximum atomic E-state index is 10.8. The fraction of sp³-hybridized carbons (Fsp3) is 0.381. The Morgan fingerprint density at radius 1 is 1.12 bits per heavy atom. The van der Waals surface area contributed by atoms with Crippen molar-refractivity contribution in [3.63, 3.8) is 0 Å². The lowest BCUT2D eigenvalue weighted by molar-refractivity contribution is -0.137. The van der Waals surface area contributed by atoms with Crippen LogP contribution in [0.15, 0.2) is 42.5 Å². The number of aliphatic carboxylic acids is 1. The second-order valence-corrected chi connectivity index (χ2v) is 7.29. The van der Waals surface area contributed by atoms with Crippen LogP contribution in [0, 0.1) is 5.92 Å². The third kappa shape index (κ3) is 6.09. The van der Waals surface area contributed by atoms with E-state index >= 15 is 0 Å². The summed E-state index contributed by atoms with van der Waals surface area (Å²) in [5.74, 6) is 0.528. The van der Waals surface area contributed by atoms with Crippen LogP contribution in [0.2, 0.25) is 5.02 Å². The summed E-state index contributed by atoms with van der Waals surface area (Å²) in [5, 5.41) is 9.65. The molecule has 0 aliphatic rings. The fourth-order valence-electron chi connectivity index (χ4n) is 2.73. The van der Waals surface area contributed by atoms with Crippen LogP contribution in [-0.4, -0.2) is 11.1 Å². The van der Waals surface area contributed by atoms with Gasteiger partial charge in [-0.05, 0) is 53.1 Å². The lowest BCUT2D eigenvalue weighted by Gasteiger charge is -2.12. The molecular formula is C21H25ClO3. The van der Waals surface area contributed by atoms with Crippen LogP contribution < -0.4 is 4.74 Å². The van der Waals surface area contributed by atoms with E-state index in [4.69, 9.17) is 21.4 Å². The predicted octanol–water partition coefficient (Wildman–Crippen LogP) is 5.70. The van der Waals surface area contributed by atoms with E-state index in [2.05, 4.69) is 19.9 Å². The van der Waals surface area contributed by atoms with Crippen molar-refractivity contribution in [3.05, 3.63) is 64.2 Å². The molecular weight excluding hydrogens is 336 g/mol. The summed E-state index contributed by atoms with van der Waals surface area (Å²) in [7, 11) is 0. The van der Waals surface area contributed by atoms with Gasteiger partial charge in [0.05, 0.1) is 6.42 Å². The van der Waals surface area contributed by atoms with E-state index in [1.54, 1.807) is 0 Å². The average molecular weight is 361 g/mol. The molecule has 2 aromatic rings. The molecule has 0 bridgehead atoms. The molecule has 0 radical (unpaired) electrons. The van der Waals surface area contributed by atoms with Crippen molar-refractivity contribution in [2.75, 3.05) is 0 Å². The van der Waals surface area contributed by atoms with Gasteiger partial charge in [0, 0.05) is 5.02 Å². The van der Waals surface area contributed by atoms with E-state index in [0.29, 0.717) is 12.5 Å². The van der Waals surface area contributed by atoms with E-state index < -0.39 is 5.97 Å². The highest BCUT2D eigenvalue weighted by Crippen LogP contribution is 2.24. The molecule has 0 spiro atoms. The van der Waals surface area contributed by atoms with Crippen LogP contribution in [0.3, 0.4) is 0 Å². The summed E-state index contributed by atoms with van der Waals surface area (Å²) < 4.78 is 5.81. The Balaban J connectivity index is 1.95. The number of carbonyl (C=O) groups is 1. The number of hydrogen-bond donors (Lipinski definition) is 1. The molecule has 0 aromatic heterocycles. The summed E-state index contributed by atoms with van der Waals surface area (Å²) in [6.45, 7) is 6.71. The van der Waals surface area contributed by atoms with Crippen molar-refractivity contribution in [3.8, 4) is 5.75 Å². The summed E-state index contributed by atoms with van der Waals surface area (Å²) in [6.07, 6.45) is 1.09. The number of benzene rings is 2. The molecule has 0 aliphatic carbocycles. The molecule has 0 amide bonds. The van der Waals surface area contributed by atoms with Gasteiger partial charge in [-0.15, -0.1) is 0 Å². The molecule has 1 N–H and O–H groups in total. The second kappa shape index (κ2) is 8.91. The van der Waals surface area contributed by atoms with Crippen molar-refractivity contribution < 1.29 is 14.6 Å². The van der Waals surface area contributed by atoms with E-state index in [1.165, 1.54) is 0 Å². The maximum absolute atomic E-state index is 10.8. The summed E-state index contributed by atoms with van der Waals surface area (Å²) in [5.41, 5.74) is 3.19. The molecule has 1 unspecified atom stereocenters. The van der Waals surface area contributed by atoms with Crippen LogP contribution in [0.1, 0.15) is 49.8 Å². The largest absolute Gasteiger partial charge is 0.489 e. The summed E-state index contributed by atoms with van der Waals surface area (Å²) in [4.78, 5) is 10.8. The number of halogens is 1. The zero-order chi connectivity index (χ0) is 18.4. The molecule has 2 aromatic carbocycles. The molecule has 1 atom stereocenters.